The van der Waals surface area contributed by atoms with Crippen LogP contribution in [0.3, 0.4) is 0 Å². The molecule has 0 unspecified atom stereocenters. The molecule has 9 heteroatoms. The number of amides is 1. The highest BCUT2D eigenvalue weighted by molar-refractivity contribution is 7.90. The van der Waals surface area contributed by atoms with Crippen molar-refractivity contribution in [2.45, 2.75) is 4.90 Å². The summed E-state index contributed by atoms with van der Waals surface area (Å²) in [5, 5.41) is 10.3. The summed E-state index contributed by atoms with van der Waals surface area (Å²) in [7, 11) is -3.36. The van der Waals surface area contributed by atoms with Gasteiger partial charge in [-0.15, -0.1) is 5.10 Å². The number of carbonyl (C=O) groups is 1. The molecular weight excluding hydrogens is 332 g/mol. The highest BCUT2D eigenvalue weighted by atomic mass is 32.2. The number of hydrogen-bond acceptors (Lipinski definition) is 6. The molecule has 24 heavy (non-hydrogen) atoms. The highest BCUT2D eigenvalue weighted by Crippen LogP contribution is 2.16. The monoisotopic (exact) mass is 346 g/mol. The van der Waals surface area contributed by atoms with Crippen LogP contribution in [0.15, 0.2) is 53.4 Å². The van der Waals surface area contributed by atoms with Crippen LogP contribution in [0.4, 0.5) is 5.69 Å². The van der Waals surface area contributed by atoms with Crippen molar-refractivity contribution in [2.75, 3.05) is 18.2 Å². The van der Waals surface area contributed by atoms with Crippen LogP contribution in [0.2, 0.25) is 0 Å². The molecule has 2 aromatic carbocycles. The molecule has 0 radical (unpaired) electrons. The Balaban J connectivity index is 1.74. The van der Waals surface area contributed by atoms with Gasteiger partial charge in [0.2, 0.25) is 0 Å². The first-order valence-corrected chi connectivity index (χ1v) is 8.86. The average Bonchev–Trinajstić information content (AvgIpc) is 2.95. The second-order valence-electron chi connectivity index (χ2n) is 5.07. The van der Waals surface area contributed by atoms with E-state index in [2.05, 4.69) is 15.6 Å². The normalized spacial score (nSPS) is 11.4. The van der Waals surface area contributed by atoms with Crippen LogP contribution in [0, 0.1) is 0 Å². The number of aromatic nitrogens is 3. The molecule has 1 N–H and O–H groups in total. The van der Waals surface area contributed by atoms with E-state index in [1.807, 2.05) is 6.07 Å². The Kier molecular flexibility index (Phi) is 4.17. The summed E-state index contributed by atoms with van der Waals surface area (Å²) in [4.78, 5) is 18.3. The lowest BCUT2D eigenvalue weighted by atomic mass is 10.3. The van der Waals surface area contributed by atoms with Gasteiger partial charge in [-0.25, -0.2) is 8.42 Å². The van der Waals surface area contributed by atoms with E-state index in [1.54, 1.807) is 24.3 Å². The van der Waals surface area contributed by atoms with Crippen molar-refractivity contribution in [3.63, 3.8) is 0 Å². The van der Waals surface area contributed by atoms with Crippen LogP contribution in [0.25, 0.3) is 11.0 Å². The van der Waals surface area contributed by atoms with E-state index in [1.165, 1.54) is 18.2 Å². The molecule has 3 aromatic rings. The number of benzene rings is 2. The molecular formula is C15H14N4O4S. The summed E-state index contributed by atoms with van der Waals surface area (Å²) in [6.45, 7) is -0.295. The summed E-state index contributed by atoms with van der Waals surface area (Å²) >= 11 is 0. The largest absolute Gasteiger partial charge is 0.385 e. The molecule has 0 bridgehead atoms. The fourth-order valence-corrected chi connectivity index (χ4v) is 2.68. The molecule has 0 fully saturated rings. The minimum Gasteiger partial charge on any atom is -0.385 e. The fraction of sp³-hybridized carbons (Fsp3) is 0.133. The molecule has 0 aliphatic carbocycles. The van der Waals surface area contributed by atoms with Gasteiger partial charge in [-0.3, -0.25) is 4.79 Å². The zero-order chi connectivity index (χ0) is 17.2. The van der Waals surface area contributed by atoms with E-state index in [0.717, 1.165) is 11.1 Å². The first-order chi connectivity index (χ1) is 11.4. The predicted molar refractivity (Wildman–Crippen MR) is 87.2 cm³/mol. The first kappa shape index (κ1) is 15.9. The van der Waals surface area contributed by atoms with Gasteiger partial charge in [0.05, 0.1) is 4.90 Å². The lowest BCUT2D eigenvalue weighted by Gasteiger charge is -2.07. The maximum atomic E-state index is 11.9. The molecule has 0 aliphatic rings. The van der Waals surface area contributed by atoms with Crippen molar-refractivity contribution < 1.29 is 18.0 Å². The molecule has 0 saturated carbocycles. The molecule has 8 nitrogen and oxygen atoms in total. The third-order valence-corrected chi connectivity index (χ3v) is 4.30. The van der Waals surface area contributed by atoms with E-state index >= 15 is 0 Å². The Bertz CT molecular complexity index is 983. The SMILES string of the molecule is CS(=O)(=O)c1ccc2nnn(OCC(=O)Nc3ccccc3)c2c1. The van der Waals surface area contributed by atoms with E-state index in [-0.39, 0.29) is 17.4 Å². The molecule has 0 spiro atoms. The van der Waals surface area contributed by atoms with Crippen molar-refractivity contribution in [3.8, 4) is 0 Å². The molecule has 1 aromatic heterocycles. The van der Waals surface area contributed by atoms with Gasteiger partial charge >= 0.3 is 0 Å². The Morgan fingerprint density at radius 3 is 2.67 bits per heavy atom. The van der Waals surface area contributed by atoms with Crippen molar-refractivity contribution >= 4 is 32.5 Å². The van der Waals surface area contributed by atoms with Gasteiger partial charge in [0, 0.05) is 11.9 Å². The maximum Gasteiger partial charge on any atom is 0.265 e. The van der Waals surface area contributed by atoms with Crippen LogP contribution in [-0.2, 0) is 14.6 Å². The molecule has 0 saturated heterocycles. The van der Waals surface area contributed by atoms with Gasteiger partial charge in [-0.1, -0.05) is 23.0 Å². The summed E-state index contributed by atoms with van der Waals surface area (Å²) < 4.78 is 23.2. The van der Waals surface area contributed by atoms with Crippen molar-refractivity contribution in [1.29, 1.82) is 0 Å². The summed E-state index contributed by atoms with van der Waals surface area (Å²) in [6, 6.07) is 13.3. The van der Waals surface area contributed by atoms with Crippen molar-refractivity contribution in [2.24, 2.45) is 0 Å². The van der Waals surface area contributed by atoms with Gasteiger partial charge in [-0.2, -0.15) is 0 Å². The number of nitrogens with one attached hydrogen (secondary N) is 1. The second-order valence-corrected chi connectivity index (χ2v) is 7.09. The van der Waals surface area contributed by atoms with E-state index in [0.29, 0.717) is 16.7 Å². The lowest BCUT2D eigenvalue weighted by Crippen LogP contribution is -2.26. The van der Waals surface area contributed by atoms with Crippen LogP contribution < -0.4 is 10.2 Å². The Hall–Kier alpha value is -2.94. The van der Waals surface area contributed by atoms with E-state index in [4.69, 9.17) is 4.84 Å². The first-order valence-electron chi connectivity index (χ1n) is 6.97. The number of para-hydroxylation sites is 1. The average molecular weight is 346 g/mol. The van der Waals surface area contributed by atoms with Crippen molar-refractivity contribution in [1.82, 2.24) is 15.2 Å². The summed E-state index contributed by atoms with van der Waals surface area (Å²) in [6.07, 6.45) is 1.11. The maximum absolute atomic E-state index is 11.9. The van der Waals surface area contributed by atoms with Crippen LogP contribution >= 0.6 is 0 Å². The van der Waals surface area contributed by atoms with Gasteiger partial charge in [0.15, 0.2) is 16.4 Å². The number of rotatable bonds is 5. The van der Waals surface area contributed by atoms with Gasteiger partial charge in [0.25, 0.3) is 5.91 Å². The minimum absolute atomic E-state index is 0.121. The van der Waals surface area contributed by atoms with Crippen LogP contribution in [0.5, 0.6) is 0 Å². The quantitative estimate of drug-likeness (QED) is 0.736. The fourth-order valence-electron chi connectivity index (χ4n) is 2.04. The van der Waals surface area contributed by atoms with Crippen molar-refractivity contribution in [3.05, 3.63) is 48.5 Å². The number of carbonyl (C=O) groups excluding carboxylic acids is 1. The molecule has 3 rings (SSSR count). The molecule has 0 aliphatic heterocycles. The smallest absolute Gasteiger partial charge is 0.265 e. The van der Waals surface area contributed by atoms with Crippen LogP contribution in [-0.4, -0.2) is 42.3 Å². The third-order valence-electron chi connectivity index (χ3n) is 3.19. The third kappa shape index (κ3) is 3.51. The van der Waals surface area contributed by atoms with E-state index in [9.17, 15) is 13.2 Å². The highest BCUT2D eigenvalue weighted by Gasteiger charge is 2.13. The zero-order valence-electron chi connectivity index (χ0n) is 12.7. The number of fused-ring (bicyclic) bond motifs is 1. The number of hydrogen-bond donors (Lipinski definition) is 1. The molecule has 1 amide bonds. The Morgan fingerprint density at radius 2 is 1.96 bits per heavy atom. The molecule has 124 valence electrons. The number of nitrogens with zero attached hydrogens (tertiary/aromatic N) is 3. The van der Waals surface area contributed by atoms with Gasteiger partial charge < -0.3 is 10.2 Å². The Morgan fingerprint density at radius 1 is 1.21 bits per heavy atom. The van der Waals surface area contributed by atoms with Gasteiger partial charge in [-0.05, 0) is 35.5 Å². The minimum atomic E-state index is -3.36. The molecule has 1 heterocycles. The topological polar surface area (TPSA) is 103 Å². The summed E-state index contributed by atoms with van der Waals surface area (Å²) in [5.41, 5.74) is 1.48. The predicted octanol–water partition coefficient (Wildman–Crippen LogP) is 0.902. The Labute approximate surface area is 137 Å². The number of sulfone groups is 1. The van der Waals surface area contributed by atoms with Gasteiger partial charge in [0.1, 0.15) is 11.0 Å². The summed E-state index contributed by atoms with van der Waals surface area (Å²) in [5.74, 6) is -0.371. The number of anilines is 1. The lowest BCUT2D eigenvalue weighted by molar-refractivity contribution is -0.121. The zero-order valence-corrected chi connectivity index (χ0v) is 13.5. The van der Waals surface area contributed by atoms with Crippen LogP contribution in [0.1, 0.15) is 0 Å². The molecule has 0 atom stereocenters. The van der Waals surface area contributed by atoms with E-state index < -0.39 is 9.84 Å². The second kappa shape index (κ2) is 6.28. The standard InChI is InChI=1S/C15H14N4O4S/c1-24(21,22)12-7-8-13-14(9-12)19(18-17-13)23-10-15(20)16-11-5-3-2-4-6-11/h2-9H,10H2,1H3,(H,16,20).